The first-order valence-electron chi connectivity index (χ1n) is 8.83. The summed E-state index contributed by atoms with van der Waals surface area (Å²) >= 11 is 0. The molecule has 0 saturated heterocycles. The van der Waals surface area contributed by atoms with Crippen LogP contribution in [-0.2, 0) is 16.4 Å². The van der Waals surface area contributed by atoms with Crippen LogP contribution in [0.2, 0.25) is 0 Å². The lowest BCUT2D eigenvalue weighted by Crippen LogP contribution is -2.37. The SMILES string of the molecule is CCCS(=O)(=O)N1CCCc2cc(NC(=O)c3cc(C)oc3C)ccc21. The molecule has 140 valence electrons. The maximum absolute atomic E-state index is 12.5. The minimum Gasteiger partial charge on any atom is -0.466 e. The van der Waals surface area contributed by atoms with Crippen molar-refractivity contribution in [3.05, 3.63) is 46.9 Å². The number of fused-ring (bicyclic) bond motifs is 1. The molecular weight excluding hydrogens is 352 g/mol. The number of benzene rings is 1. The topological polar surface area (TPSA) is 79.6 Å². The summed E-state index contributed by atoms with van der Waals surface area (Å²) in [5.41, 5.74) is 2.82. The third kappa shape index (κ3) is 3.62. The Kier molecular flexibility index (Phi) is 5.09. The van der Waals surface area contributed by atoms with Crippen LogP contribution in [-0.4, -0.2) is 26.6 Å². The van der Waals surface area contributed by atoms with Crippen LogP contribution in [0.1, 0.15) is 47.2 Å². The first kappa shape index (κ1) is 18.5. The third-order valence-electron chi connectivity index (χ3n) is 4.50. The summed E-state index contributed by atoms with van der Waals surface area (Å²) in [7, 11) is -3.29. The summed E-state index contributed by atoms with van der Waals surface area (Å²) < 4.78 is 31.9. The van der Waals surface area contributed by atoms with E-state index < -0.39 is 10.0 Å². The standard InChI is InChI=1S/C19H24N2O4S/c1-4-10-26(23,24)21-9-5-6-15-12-16(7-8-18(15)21)20-19(22)17-11-13(2)25-14(17)3/h7-8,11-12H,4-6,9-10H2,1-3H3,(H,20,22). The number of sulfonamides is 1. The molecular formula is C19H24N2O4S. The maximum atomic E-state index is 12.5. The summed E-state index contributed by atoms with van der Waals surface area (Å²) in [5, 5.41) is 2.87. The molecule has 0 saturated carbocycles. The van der Waals surface area contributed by atoms with E-state index in [2.05, 4.69) is 5.32 Å². The number of hydrogen-bond donors (Lipinski definition) is 1. The Bertz CT molecular complexity index is 931. The zero-order chi connectivity index (χ0) is 18.9. The second-order valence-electron chi connectivity index (χ2n) is 6.62. The second kappa shape index (κ2) is 7.15. The minimum absolute atomic E-state index is 0.143. The van der Waals surface area contributed by atoms with Gasteiger partial charge in [0.15, 0.2) is 0 Å². The zero-order valence-corrected chi connectivity index (χ0v) is 16.1. The van der Waals surface area contributed by atoms with Crippen molar-refractivity contribution in [1.82, 2.24) is 0 Å². The normalized spacial score (nSPS) is 14.2. The van der Waals surface area contributed by atoms with Gasteiger partial charge in [-0.3, -0.25) is 9.10 Å². The lowest BCUT2D eigenvalue weighted by atomic mass is 10.0. The fourth-order valence-corrected chi connectivity index (χ4v) is 4.97. The molecule has 1 N–H and O–H groups in total. The summed E-state index contributed by atoms with van der Waals surface area (Å²) in [4.78, 5) is 12.4. The van der Waals surface area contributed by atoms with Gasteiger partial charge in [0, 0.05) is 12.2 Å². The Morgan fingerprint density at radius 3 is 2.69 bits per heavy atom. The highest BCUT2D eigenvalue weighted by Gasteiger charge is 2.27. The van der Waals surface area contributed by atoms with E-state index in [0.717, 1.165) is 24.1 Å². The number of furan rings is 1. The fourth-order valence-electron chi connectivity index (χ4n) is 3.35. The summed E-state index contributed by atoms with van der Waals surface area (Å²) in [5.74, 6) is 1.18. The molecule has 26 heavy (non-hydrogen) atoms. The van der Waals surface area contributed by atoms with Gasteiger partial charge >= 0.3 is 0 Å². The van der Waals surface area contributed by atoms with E-state index in [1.807, 2.05) is 13.0 Å². The highest BCUT2D eigenvalue weighted by Crippen LogP contribution is 2.32. The Balaban J connectivity index is 1.85. The summed E-state index contributed by atoms with van der Waals surface area (Å²) in [6.07, 6.45) is 2.15. The van der Waals surface area contributed by atoms with Gasteiger partial charge in [-0.15, -0.1) is 0 Å². The largest absolute Gasteiger partial charge is 0.466 e. The van der Waals surface area contributed by atoms with Crippen LogP contribution < -0.4 is 9.62 Å². The molecule has 1 aliphatic heterocycles. The molecule has 1 aromatic carbocycles. The predicted molar refractivity (Wildman–Crippen MR) is 102 cm³/mol. The molecule has 0 radical (unpaired) electrons. The molecule has 0 fully saturated rings. The second-order valence-corrected chi connectivity index (χ2v) is 8.63. The van der Waals surface area contributed by atoms with E-state index in [-0.39, 0.29) is 11.7 Å². The number of anilines is 2. The molecule has 2 heterocycles. The zero-order valence-electron chi connectivity index (χ0n) is 15.3. The third-order valence-corrected chi connectivity index (χ3v) is 6.47. The van der Waals surface area contributed by atoms with Crippen molar-refractivity contribution < 1.29 is 17.6 Å². The Morgan fingerprint density at radius 2 is 2.04 bits per heavy atom. The van der Waals surface area contributed by atoms with Crippen molar-refractivity contribution in [1.29, 1.82) is 0 Å². The summed E-state index contributed by atoms with van der Waals surface area (Å²) in [6.45, 7) is 5.92. The average Bonchev–Trinajstić information content (AvgIpc) is 2.92. The molecule has 1 aliphatic rings. The summed E-state index contributed by atoms with van der Waals surface area (Å²) in [6, 6.07) is 7.11. The average molecular weight is 376 g/mol. The fraction of sp³-hybridized carbons (Fsp3) is 0.421. The van der Waals surface area contributed by atoms with Crippen molar-refractivity contribution in [2.45, 2.75) is 40.0 Å². The van der Waals surface area contributed by atoms with Gasteiger partial charge in [0.2, 0.25) is 10.0 Å². The van der Waals surface area contributed by atoms with E-state index in [0.29, 0.717) is 35.7 Å². The number of rotatable bonds is 5. The maximum Gasteiger partial charge on any atom is 0.259 e. The Morgan fingerprint density at radius 1 is 1.27 bits per heavy atom. The van der Waals surface area contributed by atoms with Gasteiger partial charge in [-0.1, -0.05) is 6.92 Å². The van der Waals surface area contributed by atoms with Crippen LogP contribution >= 0.6 is 0 Å². The van der Waals surface area contributed by atoms with E-state index in [9.17, 15) is 13.2 Å². The van der Waals surface area contributed by atoms with Crippen LogP contribution in [0.25, 0.3) is 0 Å². The van der Waals surface area contributed by atoms with Gasteiger partial charge in [0.05, 0.1) is 17.0 Å². The van der Waals surface area contributed by atoms with Gasteiger partial charge in [0.25, 0.3) is 5.91 Å². The Labute approximate surface area is 154 Å². The monoisotopic (exact) mass is 376 g/mol. The van der Waals surface area contributed by atoms with E-state index in [4.69, 9.17) is 4.42 Å². The number of carbonyl (C=O) groups excluding carboxylic acids is 1. The molecule has 6 nitrogen and oxygen atoms in total. The number of amides is 1. The van der Waals surface area contributed by atoms with Gasteiger partial charge in [-0.25, -0.2) is 8.42 Å². The van der Waals surface area contributed by atoms with Crippen molar-refractivity contribution in [3.8, 4) is 0 Å². The highest BCUT2D eigenvalue weighted by molar-refractivity contribution is 7.92. The van der Waals surface area contributed by atoms with Crippen molar-refractivity contribution in [2.24, 2.45) is 0 Å². The van der Waals surface area contributed by atoms with E-state index in [1.54, 1.807) is 32.0 Å². The van der Waals surface area contributed by atoms with Gasteiger partial charge in [-0.05, 0) is 62.9 Å². The number of aryl methyl sites for hydroxylation is 3. The Hall–Kier alpha value is -2.28. The smallest absolute Gasteiger partial charge is 0.259 e. The lowest BCUT2D eigenvalue weighted by Gasteiger charge is -2.30. The molecule has 3 rings (SSSR count). The first-order chi connectivity index (χ1) is 12.3. The molecule has 0 atom stereocenters. The van der Waals surface area contributed by atoms with Crippen LogP contribution in [0, 0.1) is 13.8 Å². The molecule has 1 amide bonds. The number of nitrogens with one attached hydrogen (secondary N) is 1. The van der Waals surface area contributed by atoms with Crippen LogP contribution in [0.15, 0.2) is 28.7 Å². The molecule has 0 unspecified atom stereocenters. The van der Waals surface area contributed by atoms with Gasteiger partial charge < -0.3 is 9.73 Å². The first-order valence-corrected chi connectivity index (χ1v) is 10.4. The van der Waals surface area contributed by atoms with Crippen molar-refractivity contribution in [3.63, 3.8) is 0 Å². The minimum atomic E-state index is -3.29. The molecule has 2 aromatic rings. The molecule has 0 aliphatic carbocycles. The van der Waals surface area contributed by atoms with Gasteiger partial charge in [-0.2, -0.15) is 0 Å². The van der Waals surface area contributed by atoms with Crippen LogP contribution in [0.3, 0.4) is 0 Å². The molecule has 0 bridgehead atoms. The highest BCUT2D eigenvalue weighted by atomic mass is 32.2. The van der Waals surface area contributed by atoms with Crippen LogP contribution in [0.4, 0.5) is 11.4 Å². The van der Waals surface area contributed by atoms with Crippen molar-refractivity contribution in [2.75, 3.05) is 21.9 Å². The lowest BCUT2D eigenvalue weighted by molar-refractivity contribution is 0.102. The molecule has 0 spiro atoms. The molecule has 7 heteroatoms. The molecule has 1 aromatic heterocycles. The predicted octanol–water partition coefficient (Wildman–Crippen LogP) is 3.64. The van der Waals surface area contributed by atoms with Gasteiger partial charge in [0.1, 0.15) is 11.5 Å². The van der Waals surface area contributed by atoms with E-state index >= 15 is 0 Å². The van der Waals surface area contributed by atoms with Crippen LogP contribution in [0.5, 0.6) is 0 Å². The number of nitrogens with zero attached hydrogens (tertiary/aromatic N) is 1. The quantitative estimate of drug-likeness (QED) is 0.864. The number of hydrogen-bond acceptors (Lipinski definition) is 4. The van der Waals surface area contributed by atoms with Crippen molar-refractivity contribution >= 4 is 27.3 Å². The van der Waals surface area contributed by atoms with E-state index in [1.165, 1.54) is 4.31 Å². The number of carbonyl (C=O) groups is 1.